The van der Waals surface area contributed by atoms with Crippen LogP contribution in [0.15, 0.2) is 10.6 Å². The van der Waals surface area contributed by atoms with Gasteiger partial charge in [0.1, 0.15) is 5.76 Å². The summed E-state index contributed by atoms with van der Waals surface area (Å²) in [6.07, 6.45) is 7.11. The molecule has 0 aliphatic heterocycles. The number of amides is 1. The fourth-order valence-electron chi connectivity index (χ4n) is 3.54. The Morgan fingerprint density at radius 3 is 2.50 bits per heavy atom. The molecule has 1 amide bonds. The van der Waals surface area contributed by atoms with Crippen LogP contribution in [0.25, 0.3) is 0 Å². The first-order chi connectivity index (χ1) is 10.3. The molecule has 4 heteroatoms. The highest BCUT2D eigenvalue weighted by molar-refractivity contribution is 5.92. The van der Waals surface area contributed by atoms with Gasteiger partial charge in [-0.15, -0.1) is 0 Å². The van der Waals surface area contributed by atoms with Crippen LogP contribution in [0.5, 0.6) is 0 Å². The molecule has 0 spiro atoms. The first-order valence-electron chi connectivity index (χ1n) is 8.56. The van der Waals surface area contributed by atoms with Gasteiger partial charge in [0.05, 0.1) is 0 Å². The Balaban J connectivity index is 1.61. The zero-order chi connectivity index (χ0) is 16.0. The van der Waals surface area contributed by atoms with E-state index in [1.807, 2.05) is 6.07 Å². The molecule has 1 heterocycles. The van der Waals surface area contributed by atoms with Gasteiger partial charge in [0, 0.05) is 17.5 Å². The van der Waals surface area contributed by atoms with Gasteiger partial charge < -0.3 is 9.84 Å². The zero-order valence-corrected chi connectivity index (χ0v) is 14.2. The fourth-order valence-corrected chi connectivity index (χ4v) is 3.54. The van der Waals surface area contributed by atoms with Crippen molar-refractivity contribution in [1.82, 2.24) is 10.5 Å². The Morgan fingerprint density at radius 2 is 1.91 bits per heavy atom. The monoisotopic (exact) mass is 304 g/mol. The normalized spacial score (nSPS) is 22.5. The molecule has 0 atom stereocenters. The van der Waals surface area contributed by atoms with Crippen LogP contribution in [0.1, 0.15) is 88.4 Å². The van der Waals surface area contributed by atoms with Crippen molar-refractivity contribution in [3.63, 3.8) is 0 Å². The van der Waals surface area contributed by atoms with E-state index in [2.05, 4.69) is 38.2 Å². The predicted octanol–water partition coefficient (Wildman–Crippen LogP) is 4.28. The van der Waals surface area contributed by atoms with Crippen molar-refractivity contribution in [2.45, 2.75) is 77.7 Å². The molecule has 2 fully saturated rings. The summed E-state index contributed by atoms with van der Waals surface area (Å²) in [4.78, 5) is 12.5. The van der Waals surface area contributed by atoms with Gasteiger partial charge in [-0.25, -0.2) is 0 Å². The van der Waals surface area contributed by atoms with Crippen molar-refractivity contribution in [3.8, 4) is 0 Å². The number of nitrogens with zero attached hydrogens (tertiary/aromatic N) is 1. The molecule has 2 aliphatic rings. The lowest BCUT2D eigenvalue weighted by molar-refractivity contribution is 0.0798. The smallest absolute Gasteiger partial charge is 0.273 e. The molecule has 0 saturated heterocycles. The third-order valence-corrected chi connectivity index (χ3v) is 5.54. The van der Waals surface area contributed by atoms with Crippen LogP contribution in [0.2, 0.25) is 0 Å². The standard InChI is InChI=1S/C18H28N2O2/c1-17(2)9-7-13(8-10-17)18(3,4)19-16(21)14-11-15(22-20-14)12-5-6-12/h11-13H,5-10H2,1-4H3,(H,19,21). The minimum atomic E-state index is -0.202. The first-order valence-corrected chi connectivity index (χ1v) is 8.56. The van der Waals surface area contributed by atoms with Gasteiger partial charge in [0.2, 0.25) is 0 Å². The van der Waals surface area contributed by atoms with Crippen LogP contribution in [0.4, 0.5) is 0 Å². The molecule has 22 heavy (non-hydrogen) atoms. The highest BCUT2D eigenvalue weighted by Gasteiger charge is 2.37. The van der Waals surface area contributed by atoms with Crippen LogP contribution in [-0.4, -0.2) is 16.6 Å². The van der Waals surface area contributed by atoms with E-state index in [4.69, 9.17) is 4.52 Å². The lowest BCUT2D eigenvalue weighted by atomic mass is 9.68. The summed E-state index contributed by atoms with van der Waals surface area (Å²) in [5.41, 5.74) is 0.667. The lowest BCUT2D eigenvalue weighted by Gasteiger charge is -2.42. The highest BCUT2D eigenvalue weighted by Crippen LogP contribution is 2.42. The van der Waals surface area contributed by atoms with Crippen molar-refractivity contribution in [2.75, 3.05) is 0 Å². The van der Waals surface area contributed by atoms with Crippen LogP contribution >= 0.6 is 0 Å². The fraction of sp³-hybridized carbons (Fsp3) is 0.778. The molecule has 2 aliphatic carbocycles. The van der Waals surface area contributed by atoms with E-state index >= 15 is 0 Å². The molecule has 2 saturated carbocycles. The number of carbonyl (C=O) groups is 1. The minimum Gasteiger partial charge on any atom is -0.360 e. The highest BCUT2D eigenvalue weighted by atomic mass is 16.5. The summed E-state index contributed by atoms with van der Waals surface area (Å²) >= 11 is 0. The van der Waals surface area contributed by atoms with E-state index in [1.54, 1.807) is 0 Å². The Labute approximate surface area is 133 Å². The number of carbonyl (C=O) groups excluding carboxylic acids is 1. The molecule has 1 aromatic heterocycles. The minimum absolute atomic E-state index is 0.106. The number of hydrogen-bond acceptors (Lipinski definition) is 3. The number of hydrogen-bond donors (Lipinski definition) is 1. The maximum Gasteiger partial charge on any atom is 0.273 e. The maximum absolute atomic E-state index is 12.5. The van der Waals surface area contributed by atoms with Crippen LogP contribution < -0.4 is 5.32 Å². The number of rotatable bonds is 4. The summed E-state index contributed by atoms with van der Waals surface area (Å²) in [6, 6.07) is 1.81. The molecule has 3 rings (SSSR count). The van der Waals surface area contributed by atoms with E-state index in [-0.39, 0.29) is 11.4 Å². The molecular formula is C18H28N2O2. The van der Waals surface area contributed by atoms with Crippen molar-refractivity contribution in [2.24, 2.45) is 11.3 Å². The molecule has 0 unspecified atom stereocenters. The second-order valence-electron chi connectivity index (χ2n) is 8.50. The second kappa shape index (κ2) is 5.39. The van der Waals surface area contributed by atoms with Crippen LogP contribution in [0.3, 0.4) is 0 Å². The van der Waals surface area contributed by atoms with Gasteiger partial charge in [-0.2, -0.15) is 0 Å². The lowest BCUT2D eigenvalue weighted by Crippen LogP contribution is -2.50. The van der Waals surface area contributed by atoms with Crippen molar-refractivity contribution in [1.29, 1.82) is 0 Å². The Bertz CT molecular complexity index is 545. The van der Waals surface area contributed by atoms with E-state index in [0.717, 1.165) is 18.6 Å². The van der Waals surface area contributed by atoms with Crippen molar-refractivity contribution >= 4 is 5.91 Å². The van der Waals surface area contributed by atoms with Crippen molar-refractivity contribution < 1.29 is 9.32 Å². The molecule has 4 nitrogen and oxygen atoms in total. The molecule has 0 aromatic carbocycles. The molecule has 0 radical (unpaired) electrons. The van der Waals surface area contributed by atoms with Crippen LogP contribution in [-0.2, 0) is 0 Å². The molecule has 0 bridgehead atoms. The summed E-state index contributed by atoms with van der Waals surface area (Å²) in [5.74, 6) is 1.77. The van der Waals surface area contributed by atoms with E-state index in [0.29, 0.717) is 22.9 Å². The third-order valence-electron chi connectivity index (χ3n) is 5.54. The molecule has 1 aromatic rings. The van der Waals surface area contributed by atoms with E-state index in [1.165, 1.54) is 25.7 Å². The summed E-state index contributed by atoms with van der Waals surface area (Å²) in [7, 11) is 0. The SMILES string of the molecule is CC1(C)CCC(C(C)(C)NC(=O)c2cc(C3CC3)on2)CC1. The number of aromatic nitrogens is 1. The first kappa shape index (κ1) is 15.6. The Hall–Kier alpha value is -1.32. The predicted molar refractivity (Wildman–Crippen MR) is 85.8 cm³/mol. The Morgan fingerprint density at radius 1 is 1.27 bits per heavy atom. The van der Waals surface area contributed by atoms with Gasteiger partial charge in [0.25, 0.3) is 5.91 Å². The van der Waals surface area contributed by atoms with Crippen LogP contribution in [0, 0.1) is 11.3 Å². The summed E-state index contributed by atoms with van der Waals surface area (Å²) in [5, 5.41) is 7.12. The van der Waals surface area contributed by atoms with Gasteiger partial charge >= 0.3 is 0 Å². The average molecular weight is 304 g/mol. The number of nitrogens with one attached hydrogen (secondary N) is 1. The average Bonchev–Trinajstić information content (AvgIpc) is 3.15. The Kier molecular flexibility index (Phi) is 3.82. The van der Waals surface area contributed by atoms with Crippen molar-refractivity contribution in [3.05, 3.63) is 17.5 Å². The summed E-state index contributed by atoms with van der Waals surface area (Å²) < 4.78 is 5.29. The third kappa shape index (κ3) is 3.36. The quantitative estimate of drug-likeness (QED) is 0.903. The van der Waals surface area contributed by atoms with E-state index < -0.39 is 0 Å². The largest absolute Gasteiger partial charge is 0.360 e. The maximum atomic E-state index is 12.5. The van der Waals surface area contributed by atoms with Gasteiger partial charge in [-0.3, -0.25) is 4.79 Å². The van der Waals surface area contributed by atoms with E-state index in [9.17, 15) is 4.79 Å². The topological polar surface area (TPSA) is 55.1 Å². The zero-order valence-electron chi connectivity index (χ0n) is 14.2. The molecule has 1 N–H and O–H groups in total. The second-order valence-corrected chi connectivity index (χ2v) is 8.50. The van der Waals surface area contributed by atoms with Gasteiger partial charge in [0.15, 0.2) is 5.69 Å². The van der Waals surface area contributed by atoms with Gasteiger partial charge in [-0.05, 0) is 63.7 Å². The van der Waals surface area contributed by atoms with Gasteiger partial charge in [-0.1, -0.05) is 19.0 Å². The molecule has 122 valence electrons. The summed E-state index contributed by atoms with van der Waals surface area (Å²) in [6.45, 7) is 8.94. The molecular weight excluding hydrogens is 276 g/mol.